The highest BCUT2D eigenvalue weighted by atomic mass is 32.1. The number of amides is 1. The third-order valence-corrected chi connectivity index (χ3v) is 6.69. The maximum Gasteiger partial charge on any atom is 0.258 e. The van der Waals surface area contributed by atoms with Crippen molar-refractivity contribution < 1.29 is 4.79 Å². The summed E-state index contributed by atoms with van der Waals surface area (Å²) >= 11 is 1.45. The number of benzene rings is 2. The number of carbonyl (C=O) groups is 1. The largest absolute Gasteiger partial charge is 0.296 e. The molecular formula is C25H20N6OS. The van der Waals surface area contributed by atoms with Crippen molar-refractivity contribution in [2.75, 3.05) is 5.32 Å². The molecule has 1 saturated carbocycles. The van der Waals surface area contributed by atoms with Gasteiger partial charge in [0.25, 0.3) is 5.91 Å². The van der Waals surface area contributed by atoms with Crippen LogP contribution in [0.25, 0.3) is 22.3 Å². The molecule has 0 unspecified atom stereocenters. The van der Waals surface area contributed by atoms with Crippen molar-refractivity contribution in [2.45, 2.75) is 25.3 Å². The summed E-state index contributed by atoms with van der Waals surface area (Å²) in [6.07, 6.45) is 4.01. The number of fused-ring (bicyclic) bond motifs is 1. The second kappa shape index (κ2) is 8.22. The van der Waals surface area contributed by atoms with Gasteiger partial charge in [0.15, 0.2) is 5.65 Å². The molecular weight excluding hydrogens is 432 g/mol. The lowest BCUT2D eigenvalue weighted by Crippen LogP contribution is -2.13. The fourth-order valence-electron chi connectivity index (χ4n) is 3.81. The summed E-state index contributed by atoms with van der Waals surface area (Å²) in [7, 11) is 0. The standard InChI is InChI=1S/C25H20N6OS/c32-23(28-25-30-29-24(33-25)18-11-12-18)19-13-21(17-9-5-2-6-10-17)27-22-20(19)14-26-31(22)15-16-7-3-1-4-8-16/h1-10,13-14,18H,11-12,15H2,(H,28,30,32). The SMILES string of the molecule is O=C(Nc1nnc(C2CC2)s1)c1cc(-c2ccccc2)nc2c1cnn2Cc1ccccc1. The number of nitrogens with one attached hydrogen (secondary N) is 1. The summed E-state index contributed by atoms with van der Waals surface area (Å²) in [4.78, 5) is 18.2. The Kier molecular flexibility index (Phi) is 4.92. The Balaban J connectivity index is 1.41. The molecule has 1 amide bonds. The van der Waals surface area contributed by atoms with E-state index in [0.29, 0.717) is 34.2 Å². The van der Waals surface area contributed by atoms with Gasteiger partial charge < -0.3 is 0 Å². The van der Waals surface area contributed by atoms with Gasteiger partial charge >= 0.3 is 0 Å². The van der Waals surface area contributed by atoms with Gasteiger partial charge in [-0.1, -0.05) is 72.0 Å². The van der Waals surface area contributed by atoms with Crippen LogP contribution in [0.3, 0.4) is 0 Å². The second-order valence-corrected chi connectivity index (χ2v) is 9.13. The summed E-state index contributed by atoms with van der Waals surface area (Å²) in [5.74, 6) is 0.263. The van der Waals surface area contributed by atoms with E-state index in [9.17, 15) is 4.79 Å². The molecule has 0 aliphatic heterocycles. The third-order valence-electron chi connectivity index (χ3n) is 5.69. The topological polar surface area (TPSA) is 85.6 Å². The molecule has 5 aromatic rings. The Morgan fingerprint density at radius 1 is 1.03 bits per heavy atom. The zero-order chi connectivity index (χ0) is 22.2. The lowest BCUT2D eigenvalue weighted by molar-refractivity contribution is 0.102. The molecule has 1 fully saturated rings. The van der Waals surface area contributed by atoms with Crippen LogP contribution in [0, 0.1) is 0 Å². The fraction of sp³-hybridized carbons (Fsp3) is 0.160. The van der Waals surface area contributed by atoms with Crippen molar-refractivity contribution in [1.29, 1.82) is 0 Å². The lowest BCUT2D eigenvalue weighted by atomic mass is 10.1. The Morgan fingerprint density at radius 3 is 2.55 bits per heavy atom. The van der Waals surface area contributed by atoms with Crippen LogP contribution < -0.4 is 5.32 Å². The van der Waals surface area contributed by atoms with Crippen molar-refractivity contribution in [3.05, 3.63) is 89.1 Å². The van der Waals surface area contributed by atoms with Crippen LogP contribution in [-0.2, 0) is 6.54 Å². The molecule has 6 rings (SSSR count). The second-order valence-electron chi connectivity index (χ2n) is 8.12. The predicted octanol–water partition coefficient (Wildman–Crippen LogP) is 5.13. The molecule has 0 saturated heterocycles. The molecule has 1 aliphatic rings. The van der Waals surface area contributed by atoms with Crippen LogP contribution in [-0.4, -0.2) is 30.9 Å². The average Bonchev–Trinajstić information content (AvgIpc) is 3.48. The fourth-order valence-corrected chi connectivity index (χ4v) is 4.72. The molecule has 0 atom stereocenters. The van der Waals surface area contributed by atoms with Crippen LogP contribution in [0.15, 0.2) is 72.9 Å². The first-order chi connectivity index (χ1) is 16.2. The highest BCUT2D eigenvalue weighted by molar-refractivity contribution is 7.15. The average molecular weight is 453 g/mol. The number of pyridine rings is 1. The van der Waals surface area contributed by atoms with Crippen molar-refractivity contribution in [3.63, 3.8) is 0 Å². The smallest absolute Gasteiger partial charge is 0.258 e. The summed E-state index contributed by atoms with van der Waals surface area (Å²) < 4.78 is 1.84. The van der Waals surface area contributed by atoms with Gasteiger partial charge in [-0.15, -0.1) is 10.2 Å². The minimum atomic E-state index is -0.239. The Hall–Kier alpha value is -3.91. The highest BCUT2D eigenvalue weighted by Gasteiger charge is 2.28. The normalized spacial score (nSPS) is 13.3. The molecule has 0 spiro atoms. The van der Waals surface area contributed by atoms with E-state index in [1.54, 1.807) is 6.20 Å². The first kappa shape index (κ1) is 19.8. The van der Waals surface area contributed by atoms with Crippen molar-refractivity contribution in [1.82, 2.24) is 25.0 Å². The molecule has 162 valence electrons. The summed E-state index contributed by atoms with van der Waals surface area (Å²) in [5, 5.41) is 18.1. The molecule has 33 heavy (non-hydrogen) atoms. The number of hydrogen-bond donors (Lipinski definition) is 1. The highest BCUT2D eigenvalue weighted by Crippen LogP contribution is 2.42. The Labute approximate surface area is 194 Å². The van der Waals surface area contributed by atoms with E-state index in [2.05, 4.69) is 32.7 Å². The minimum absolute atomic E-state index is 0.239. The van der Waals surface area contributed by atoms with Crippen LogP contribution in [0.1, 0.15) is 39.7 Å². The van der Waals surface area contributed by atoms with Gasteiger partial charge in [0.1, 0.15) is 5.01 Å². The van der Waals surface area contributed by atoms with Gasteiger partial charge in [-0.3, -0.25) is 10.1 Å². The van der Waals surface area contributed by atoms with Gasteiger partial charge in [0.2, 0.25) is 5.13 Å². The van der Waals surface area contributed by atoms with E-state index in [4.69, 9.17) is 4.98 Å². The van der Waals surface area contributed by atoms with E-state index in [0.717, 1.165) is 34.7 Å². The number of nitrogens with zero attached hydrogens (tertiary/aromatic N) is 5. The van der Waals surface area contributed by atoms with Gasteiger partial charge in [0.05, 0.1) is 29.4 Å². The zero-order valence-corrected chi connectivity index (χ0v) is 18.5. The van der Waals surface area contributed by atoms with E-state index < -0.39 is 0 Å². The van der Waals surface area contributed by atoms with Crippen molar-refractivity contribution in [2.24, 2.45) is 0 Å². The number of hydrogen-bond acceptors (Lipinski definition) is 6. The predicted molar refractivity (Wildman–Crippen MR) is 128 cm³/mol. The molecule has 0 bridgehead atoms. The molecule has 7 nitrogen and oxygen atoms in total. The van der Waals surface area contributed by atoms with Gasteiger partial charge in [-0.05, 0) is 24.5 Å². The molecule has 0 radical (unpaired) electrons. The summed E-state index contributed by atoms with van der Waals surface area (Å²) in [6.45, 7) is 0.567. The number of rotatable bonds is 6. The molecule has 3 aromatic heterocycles. The molecule has 1 aliphatic carbocycles. The lowest BCUT2D eigenvalue weighted by Gasteiger charge is -2.09. The van der Waals surface area contributed by atoms with Gasteiger partial charge in [-0.2, -0.15) is 5.10 Å². The van der Waals surface area contributed by atoms with Crippen molar-refractivity contribution in [3.8, 4) is 11.3 Å². The maximum absolute atomic E-state index is 13.3. The number of anilines is 1. The maximum atomic E-state index is 13.3. The molecule has 1 N–H and O–H groups in total. The molecule has 8 heteroatoms. The first-order valence-electron chi connectivity index (χ1n) is 10.9. The van der Waals surface area contributed by atoms with E-state index in [1.807, 2.05) is 59.3 Å². The first-order valence-corrected chi connectivity index (χ1v) is 11.7. The third kappa shape index (κ3) is 4.01. The summed E-state index contributed by atoms with van der Waals surface area (Å²) in [6, 6.07) is 21.8. The zero-order valence-electron chi connectivity index (χ0n) is 17.7. The van der Waals surface area contributed by atoms with Crippen LogP contribution in [0.5, 0.6) is 0 Å². The van der Waals surface area contributed by atoms with Crippen molar-refractivity contribution >= 4 is 33.4 Å². The van der Waals surface area contributed by atoms with E-state index >= 15 is 0 Å². The van der Waals surface area contributed by atoms with Crippen LogP contribution >= 0.6 is 11.3 Å². The molecule has 3 heterocycles. The van der Waals surface area contributed by atoms with Gasteiger partial charge in [0, 0.05) is 11.5 Å². The quantitative estimate of drug-likeness (QED) is 0.386. The van der Waals surface area contributed by atoms with Gasteiger partial charge in [-0.25, -0.2) is 9.67 Å². The molecule has 2 aromatic carbocycles. The Morgan fingerprint density at radius 2 is 1.79 bits per heavy atom. The van der Waals surface area contributed by atoms with E-state index in [1.165, 1.54) is 11.3 Å². The monoisotopic (exact) mass is 452 g/mol. The Bertz CT molecular complexity index is 1440. The van der Waals surface area contributed by atoms with Crippen LogP contribution in [0.2, 0.25) is 0 Å². The summed E-state index contributed by atoms with van der Waals surface area (Å²) in [5.41, 5.74) is 3.95. The minimum Gasteiger partial charge on any atom is -0.296 e. The number of aromatic nitrogens is 5. The van der Waals surface area contributed by atoms with Crippen LogP contribution in [0.4, 0.5) is 5.13 Å². The number of carbonyl (C=O) groups excluding carboxylic acids is 1. The van der Waals surface area contributed by atoms with E-state index in [-0.39, 0.29) is 5.91 Å².